The highest BCUT2D eigenvalue weighted by atomic mass is 16.3. The van der Waals surface area contributed by atoms with Gasteiger partial charge in [0.05, 0.1) is 6.10 Å². The zero-order chi connectivity index (χ0) is 14.5. The van der Waals surface area contributed by atoms with Gasteiger partial charge in [-0.1, -0.05) is 51.0 Å². The molecule has 3 unspecified atom stereocenters. The number of likely N-dealkylation sites (N-methyl/N-ethyl adjacent to an activating group) is 1. The van der Waals surface area contributed by atoms with Crippen molar-refractivity contribution in [3.8, 4) is 0 Å². The third kappa shape index (κ3) is 3.83. The molecule has 1 saturated carbocycles. The minimum Gasteiger partial charge on any atom is -0.387 e. The van der Waals surface area contributed by atoms with E-state index in [9.17, 15) is 5.11 Å². The monoisotopic (exact) mass is 275 g/mol. The van der Waals surface area contributed by atoms with E-state index >= 15 is 0 Å². The van der Waals surface area contributed by atoms with E-state index in [1.165, 1.54) is 31.2 Å². The fourth-order valence-corrected chi connectivity index (χ4v) is 3.44. The Labute approximate surface area is 123 Å². The highest BCUT2D eigenvalue weighted by molar-refractivity contribution is 5.24. The summed E-state index contributed by atoms with van der Waals surface area (Å²) in [6.45, 7) is 5.24. The first-order chi connectivity index (χ1) is 9.61. The molecule has 1 aliphatic carbocycles. The van der Waals surface area contributed by atoms with Crippen LogP contribution in [0.1, 0.15) is 56.8 Å². The standard InChI is InChI=1S/C18H29NO/c1-4-15-9-11-16(12-10-15)18(20)13-19(3)17-8-6-5-7-14(17)2/h9-12,14,17-18,20H,4-8,13H2,1-3H3. The van der Waals surface area contributed by atoms with Crippen molar-refractivity contribution in [1.82, 2.24) is 4.90 Å². The molecular formula is C18H29NO. The summed E-state index contributed by atoms with van der Waals surface area (Å²) in [6.07, 6.45) is 5.98. The van der Waals surface area contributed by atoms with E-state index in [1.807, 2.05) is 0 Å². The van der Waals surface area contributed by atoms with Gasteiger partial charge in [0.25, 0.3) is 0 Å². The van der Waals surface area contributed by atoms with Crippen LogP contribution in [0.2, 0.25) is 0 Å². The van der Waals surface area contributed by atoms with E-state index in [0.717, 1.165) is 24.4 Å². The van der Waals surface area contributed by atoms with E-state index in [0.29, 0.717) is 6.04 Å². The Balaban J connectivity index is 1.93. The minimum absolute atomic E-state index is 0.375. The molecule has 0 spiro atoms. The largest absolute Gasteiger partial charge is 0.387 e. The maximum absolute atomic E-state index is 10.4. The number of nitrogens with zero attached hydrogens (tertiary/aromatic N) is 1. The van der Waals surface area contributed by atoms with E-state index in [-0.39, 0.29) is 6.10 Å². The molecule has 3 atom stereocenters. The highest BCUT2D eigenvalue weighted by Gasteiger charge is 2.26. The lowest BCUT2D eigenvalue weighted by atomic mass is 9.85. The van der Waals surface area contributed by atoms with Crippen LogP contribution in [0.5, 0.6) is 0 Å². The van der Waals surface area contributed by atoms with Crippen molar-refractivity contribution >= 4 is 0 Å². The quantitative estimate of drug-likeness (QED) is 0.883. The Bertz CT molecular complexity index is 400. The normalized spacial score (nSPS) is 24.9. The average Bonchev–Trinajstić information content (AvgIpc) is 2.47. The van der Waals surface area contributed by atoms with Gasteiger partial charge in [-0.15, -0.1) is 0 Å². The Kier molecular flexibility index (Phi) is 5.62. The van der Waals surface area contributed by atoms with Gasteiger partial charge in [0, 0.05) is 12.6 Å². The van der Waals surface area contributed by atoms with Gasteiger partial charge < -0.3 is 10.0 Å². The number of aliphatic hydroxyl groups is 1. The molecule has 112 valence electrons. The second-order valence-electron chi connectivity index (χ2n) is 6.38. The second kappa shape index (κ2) is 7.24. The van der Waals surface area contributed by atoms with Gasteiger partial charge in [-0.3, -0.25) is 0 Å². The summed E-state index contributed by atoms with van der Waals surface area (Å²) >= 11 is 0. The molecule has 1 fully saturated rings. The molecule has 2 nitrogen and oxygen atoms in total. The lowest BCUT2D eigenvalue weighted by molar-refractivity contribution is 0.0710. The van der Waals surface area contributed by atoms with E-state index < -0.39 is 0 Å². The van der Waals surface area contributed by atoms with Gasteiger partial charge >= 0.3 is 0 Å². The van der Waals surface area contributed by atoms with Gasteiger partial charge in [0.1, 0.15) is 0 Å². The van der Waals surface area contributed by atoms with Crippen LogP contribution in [-0.4, -0.2) is 29.6 Å². The SMILES string of the molecule is CCc1ccc(C(O)CN(C)C2CCCCC2C)cc1. The molecule has 2 heteroatoms. The van der Waals surface area contributed by atoms with Crippen molar-refractivity contribution in [2.45, 2.75) is 58.1 Å². The van der Waals surface area contributed by atoms with Gasteiger partial charge in [-0.25, -0.2) is 0 Å². The summed E-state index contributed by atoms with van der Waals surface area (Å²) in [7, 11) is 2.16. The molecule has 1 aliphatic rings. The molecule has 1 N–H and O–H groups in total. The van der Waals surface area contributed by atoms with Crippen molar-refractivity contribution in [2.24, 2.45) is 5.92 Å². The number of benzene rings is 1. The summed E-state index contributed by atoms with van der Waals surface area (Å²) in [6, 6.07) is 9.03. The van der Waals surface area contributed by atoms with Crippen molar-refractivity contribution in [2.75, 3.05) is 13.6 Å². The van der Waals surface area contributed by atoms with Crippen molar-refractivity contribution in [1.29, 1.82) is 0 Å². The molecule has 0 aromatic heterocycles. The number of aryl methyl sites for hydroxylation is 1. The van der Waals surface area contributed by atoms with Crippen LogP contribution in [0.3, 0.4) is 0 Å². The predicted molar refractivity (Wildman–Crippen MR) is 84.8 cm³/mol. The fraction of sp³-hybridized carbons (Fsp3) is 0.667. The Hall–Kier alpha value is -0.860. The van der Waals surface area contributed by atoms with Gasteiger partial charge in [-0.2, -0.15) is 0 Å². The maximum atomic E-state index is 10.4. The summed E-state index contributed by atoms with van der Waals surface area (Å²) in [4.78, 5) is 2.36. The molecule has 0 amide bonds. The summed E-state index contributed by atoms with van der Waals surface area (Å²) in [5.74, 6) is 0.753. The van der Waals surface area contributed by atoms with Crippen LogP contribution in [0, 0.1) is 5.92 Å². The molecule has 0 heterocycles. The predicted octanol–water partition coefficient (Wildman–Crippen LogP) is 3.79. The molecule has 0 radical (unpaired) electrons. The molecule has 1 aromatic carbocycles. The van der Waals surface area contributed by atoms with Crippen molar-refractivity contribution in [3.05, 3.63) is 35.4 Å². The fourth-order valence-electron chi connectivity index (χ4n) is 3.44. The minimum atomic E-state index is -0.375. The number of aliphatic hydroxyl groups excluding tert-OH is 1. The van der Waals surface area contributed by atoms with Gasteiger partial charge in [-0.05, 0) is 43.4 Å². The highest BCUT2D eigenvalue weighted by Crippen LogP contribution is 2.28. The molecular weight excluding hydrogens is 246 g/mol. The van der Waals surface area contributed by atoms with Gasteiger partial charge in [0.2, 0.25) is 0 Å². The van der Waals surface area contributed by atoms with Crippen molar-refractivity contribution in [3.63, 3.8) is 0 Å². The molecule has 2 rings (SSSR count). The molecule has 0 aliphatic heterocycles. The van der Waals surface area contributed by atoms with Crippen molar-refractivity contribution < 1.29 is 5.11 Å². The molecule has 0 saturated heterocycles. The van der Waals surface area contributed by atoms with E-state index in [4.69, 9.17) is 0 Å². The zero-order valence-corrected chi connectivity index (χ0v) is 13.2. The third-order valence-corrected chi connectivity index (χ3v) is 4.87. The lowest BCUT2D eigenvalue weighted by Gasteiger charge is -2.37. The Morgan fingerprint density at radius 3 is 2.45 bits per heavy atom. The van der Waals surface area contributed by atoms with Crippen LogP contribution in [-0.2, 0) is 6.42 Å². The zero-order valence-electron chi connectivity index (χ0n) is 13.2. The number of rotatable bonds is 5. The van der Waals surface area contributed by atoms with Crippen LogP contribution in [0.4, 0.5) is 0 Å². The second-order valence-corrected chi connectivity index (χ2v) is 6.38. The average molecular weight is 275 g/mol. The van der Waals surface area contributed by atoms with Gasteiger partial charge in [0.15, 0.2) is 0 Å². The first-order valence-corrected chi connectivity index (χ1v) is 8.09. The Morgan fingerprint density at radius 1 is 1.20 bits per heavy atom. The maximum Gasteiger partial charge on any atom is 0.0916 e. The molecule has 1 aromatic rings. The van der Waals surface area contributed by atoms with Crippen LogP contribution in [0.25, 0.3) is 0 Å². The van der Waals surface area contributed by atoms with Crippen LogP contribution in [0.15, 0.2) is 24.3 Å². The Morgan fingerprint density at radius 2 is 1.85 bits per heavy atom. The smallest absolute Gasteiger partial charge is 0.0916 e. The third-order valence-electron chi connectivity index (χ3n) is 4.87. The topological polar surface area (TPSA) is 23.5 Å². The lowest BCUT2D eigenvalue weighted by Crippen LogP contribution is -2.41. The van der Waals surface area contributed by atoms with Crippen LogP contribution < -0.4 is 0 Å². The number of hydrogen-bond acceptors (Lipinski definition) is 2. The van der Waals surface area contributed by atoms with Crippen LogP contribution >= 0.6 is 0 Å². The summed E-state index contributed by atoms with van der Waals surface area (Å²) in [5, 5.41) is 10.4. The number of hydrogen-bond donors (Lipinski definition) is 1. The first kappa shape index (κ1) is 15.5. The summed E-state index contributed by atoms with van der Waals surface area (Å²) in [5.41, 5.74) is 2.37. The first-order valence-electron chi connectivity index (χ1n) is 8.09. The molecule has 0 bridgehead atoms. The molecule has 20 heavy (non-hydrogen) atoms. The summed E-state index contributed by atoms with van der Waals surface area (Å²) < 4.78 is 0. The van der Waals surface area contributed by atoms with E-state index in [2.05, 4.69) is 50.1 Å². The van der Waals surface area contributed by atoms with E-state index in [1.54, 1.807) is 0 Å².